The van der Waals surface area contributed by atoms with Crippen molar-refractivity contribution in [2.75, 3.05) is 11.4 Å². The van der Waals surface area contributed by atoms with E-state index in [-0.39, 0.29) is 0 Å². The van der Waals surface area contributed by atoms with Crippen LogP contribution in [-0.4, -0.2) is 27.5 Å². The number of aromatic nitrogens is 2. The number of nitrogens with zero attached hydrogens (tertiary/aromatic N) is 3. The highest BCUT2D eigenvalue weighted by molar-refractivity contribution is 7.80. The van der Waals surface area contributed by atoms with Crippen LogP contribution in [0.2, 0.25) is 0 Å². The molecule has 0 fully saturated rings. The lowest BCUT2D eigenvalue weighted by molar-refractivity contribution is 0.502. The number of rotatable bonds is 7. The first-order valence-electron chi connectivity index (χ1n) is 6.88. The third kappa shape index (κ3) is 4.13. The van der Waals surface area contributed by atoms with E-state index in [9.17, 15) is 0 Å². The third-order valence-corrected chi connectivity index (χ3v) is 3.32. The topological polar surface area (TPSA) is 55.0 Å². The smallest absolute Gasteiger partial charge is 0.157 e. The van der Waals surface area contributed by atoms with Gasteiger partial charge in [-0.2, -0.15) is 0 Å². The summed E-state index contributed by atoms with van der Waals surface area (Å²) in [6.45, 7) is 9.72. The largest absolute Gasteiger partial charge is 0.388 e. The van der Waals surface area contributed by atoms with Crippen LogP contribution < -0.4 is 10.6 Å². The molecule has 1 aromatic heterocycles. The minimum atomic E-state index is 0.308. The van der Waals surface area contributed by atoms with Gasteiger partial charge in [-0.25, -0.2) is 9.97 Å². The zero-order valence-electron chi connectivity index (χ0n) is 12.3. The van der Waals surface area contributed by atoms with Crippen LogP contribution in [0.25, 0.3) is 0 Å². The maximum Gasteiger partial charge on any atom is 0.157 e. The fourth-order valence-electron chi connectivity index (χ4n) is 2.25. The molecule has 1 heterocycles. The number of hydrogen-bond acceptors (Lipinski definition) is 4. The van der Waals surface area contributed by atoms with E-state index in [2.05, 4.69) is 42.6 Å². The second-order valence-corrected chi connectivity index (χ2v) is 5.55. The summed E-state index contributed by atoms with van der Waals surface area (Å²) in [5.74, 6) is 1.36. The fraction of sp³-hybridized carbons (Fsp3) is 0.643. The predicted molar refractivity (Wildman–Crippen MR) is 84.5 cm³/mol. The van der Waals surface area contributed by atoms with Gasteiger partial charge in [-0.3, -0.25) is 0 Å². The van der Waals surface area contributed by atoms with Gasteiger partial charge < -0.3 is 10.6 Å². The minimum Gasteiger partial charge on any atom is -0.388 e. The van der Waals surface area contributed by atoms with Gasteiger partial charge in [0.2, 0.25) is 0 Å². The lowest BCUT2D eigenvalue weighted by atomic mass is 10.1. The molecule has 0 aromatic carbocycles. The average Bonchev–Trinajstić information content (AvgIpc) is 2.38. The Bertz CT molecular complexity index is 416. The van der Waals surface area contributed by atoms with Crippen molar-refractivity contribution in [1.29, 1.82) is 0 Å². The summed E-state index contributed by atoms with van der Waals surface area (Å²) in [7, 11) is 0. The quantitative estimate of drug-likeness (QED) is 0.778. The summed E-state index contributed by atoms with van der Waals surface area (Å²) < 4.78 is 0. The number of hydrogen-bond donors (Lipinski definition) is 1. The van der Waals surface area contributed by atoms with Crippen LogP contribution in [-0.2, 0) is 0 Å². The Hall–Kier alpha value is -1.23. The molecule has 0 unspecified atom stereocenters. The summed E-state index contributed by atoms with van der Waals surface area (Å²) in [5, 5.41) is 0. The molecule has 5 heteroatoms. The molecule has 0 radical (unpaired) electrons. The van der Waals surface area contributed by atoms with Crippen molar-refractivity contribution in [1.82, 2.24) is 9.97 Å². The van der Waals surface area contributed by atoms with Crippen LogP contribution in [0.1, 0.15) is 46.2 Å². The molecule has 1 rings (SSSR count). The van der Waals surface area contributed by atoms with Crippen LogP contribution >= 0.6 is 12.2 Å². The zero-order valence-corrected chi connectivity index (χ0v) is 13.1. The van der Waals surface area contributed by atoms with E-state index in [1.165, 1.54) is 0 Å². The molecular weight excluding hydrogens is 256 g/mol. The monoisotopic (exact) mass is 280 g/mol. The summed E-state index contributed by atoms with van der Waals surface area (Å²) in [6, 6.07) is 0.437. The molecule has 0 atom stereocenters. The number of nitrogens with two attached hydrogens (primary N) is 1. The second kappa shape index (κ2) is 7.38. The SMILES string of the molecule is CCC(CC)N(CC(C)C)c1nccnc1C(N)=S. The van der Waals surface area contributed by atoms with Gasteiger partial charge in [0.15, 0.2) is 5.82 Å². The molecule has 2 N–H and O–H groups in total. The normalized spacial score (nSPS) is 11.1. The molecule has 0 saturated carbocycles. The Balaban J connectivity index is 3.20. The first-order chi connectivity index (χ1) is 9.01. The number of thiocarbonyl (C=S) groups is 1. The third-order valence-electron chi connectivity index (χ3n) is 3.13. The minimum absolute atomic E-state index is 0.308. The summed E-state index contributed by atoms with van der Waals surface area (Å²) in [5.41, 5.74) is 6.40. The van der Waals surface area contributed by atoms with Crippen LogP contribution in [0.15, 0.2) is 12.4 Å². The summed E-state index contributed by atoms with van der Waals surface area (Å²) in [6.07, 6.45) is 5.47. The maximum atomic E-state index is 5.77. The van der Waals surface area contributed by atoms with E-state index in [1.807, 2.05) is 0 Å². The van der Waals surface area contributed by atoms with E-state index in [0.29, 0.717) is 22.6 Å². The van der Waals surface area contributed by atoms with Crippen molar-refractivity contribution in [3.63, 3.8) is 0 Å². The molecule has 0 saturated heterocycles. The fourth-order valence-corrected chi connectivity index (χ4v) is 2.39. The van der Waals surface area contributed by atoms with E-state index in [4.69, 9.17) is 18.0 Å². The van der Waals surface area contributed by atoms with Crippen LogP contribution in [0, 0.1) is 5.92 Å². The van der Waals surface area contributed by atoms with Crippen molar-refractivity contribution in [2.24, 2.45) is 11.7 Å². The molecule has 0 spiro atoms. The number of anilines is 1. The Kier molecular flexibility index (Phi) is 6.15. The highest BCUT2D eigenvalue weighted by Crippen LogP contribution is 2.22. The molecule has 0 aliphatic carbocycles. The van der Waals surface area contributed by atoms with E-state index >= 15 is 0 Å². The van der Waals surface area contributed by atoms with Gasteiger partial charge in [0.25, 0.3) is 0 Å². The lowest BCUT2D eigenvalue weighted by Gasteiger charge is -2.33. The highest BCUT2D eigenvalue weighted by Gasteiger charge is 2.22. The Morgan fingerprint density at radius 1 is 1.26 bits per heavy atom. The van der Waals surface area contributed by atoms with Crippen LogP contribution in [0.3, 0.4) is 0 Å². The lowest BCUT2D eigenvalue weighted by Crippen LogP contribution is -2.39. The van der Waals surface area contributed by atoms with Crippen molar-refractivity contribution in [3.8, 4) is 0 Å². The Morgan fingerprint density at radius 2 is 1.84 bits per heavy atom. The molecule has 106 valence electrons. The predicted octanol–water partition coefficient (Wildman–Crippen LogP) is 2.76. The standard InChI is InChI=1S/C14H24N4S/c1-5-11(6-2)18(9-10(3)4)14-12(13(15)19)16-7-8-17-14/h7-8,10-11H,5-6,9H2,1-4H3,(H2,15,19). The van der Waals surface area contributed by atoms with Crippen molar-refractivity contribution < 1.29 is 0 Å². The Labute approximate surface area is 121 Å². The van der Waals surface area contributed by atoms with Crippen molar-refractivity contribution in [2.45, 2.75) is 46.6 Å². The first kappa shape index (κ1) is 15.8. The Morgan fingerprint density at radius 3 is 2.32 bits per heavy atom. The van der Waals surface area contributed by atoms with Gasteiger partial charge in [0, 0.05) is 25.0 Å². The van der Waals surface area contributed by atoms with Crippen LogP contribution in [0.4, 0.5) is 5.82 Å². The van der Waals surface area contributed by atoms with Gasteiger partial charge in [-0.15, -0.1) is 0 Å². The van der Waals surface area contributed by atoms with Gasteiger partial charge >= 0.3 is 0 Å². The van der Waals surface area contributed by atoms with Gasteiger partial charge in [0.05, 0.1) is 0 Å². The van der Waals surface area contributed by atoms with Gasteiger partial charge in [-0.05, 0) is 18.8 Å². The molecule has 0 aliphatic rings. The van der Waals surface area contributed by atoms with Crippen molar-refractivity contribution in [3.05, 3.63) is 18.1 Å². The molecule has 19 heavy (non-hydrogen) atoms. The molecule has 0 amide bonds. The van der Waals surface area contributed by atoms with E-state index in [0.717, 1.165) is 25.2 Å². The molecule has 0 bridgehead atoms. The van der Waals surface area contributed by atoms with E-state index < -0.39 is 0 Å². The molecular formula is C14H24N4S. The molecule has 0 aliphatic heterocycles. The second-order valence-electron chi connectivity index (χ2n) is 5.11. The maximum absolute atomic E-state index is 5.77. The van der Waals surface area contributed by atoms with E-state index in [1.54, 1.807) is 12.4 Å². The highest BCUT2D eigenvalue weighted by atomic mass is 32.1. The summed E-state index contributed by atoms with van der Waals surface area (Å²) >= 11 is 5.09. The average molecular weight is 280 g/mol. The van der Waals surface area contributed by atoms with Gasteiger partial charge in [0.1, 0.15) is 10.7 Å². The first-order valence-corrected chi connectivity index (χ1v) is 7.29. The molecule has 1 aromatic rings. The molecule has 4 nitrogen and oxygen atoms in total. The van der Waals surface area contributed by atoms with Gasteiger partial charge in [-0.1, -0.05) is 39.9 Å². The van der Waals surface area contributed by atoms with Crippen LogP contribution in [0.5, 0.6) is 0 Å². The zero-order chi connectivity index (χ0) is 14.4. The van der Waals surface area contributed by atoms with Crippen molar-refractivity contribution >= 4 is 23.0 Å². The summed E-state index contributed by atoms with van der Waals surface area (Å²) in [4.78, 5) is 11.4.